The lowest BCUT2D eigenvalue weighted by atomic mass is 9.86. The van der Waals surface area contributed by atoms with Crippen LogP contribution in [0.1, 0.15) is 11.5 Å². The Morgan fingerprint density at radius 1 is 1.06 bits per heavy atom. The first-order chi connectivity index (χ1) is 17.2. The van der Waals surface area contributed by atoms with Gasteiger partial charge in [-0.2, -0.15) is 0 Å². The summed E-state index contributed by atoms with van der Waals surface area (Å²) >= 11 is 12.5. The monoisotopic (exact) mass is 529 g/mol. The molecule has 186 valence electrons. The second-order valence-corrected chi connectivity index (χ2v) is 9.02. The van der Waals surface area contributed by atoms with Gasteiger partial charge >= 0.3 is 0 Å². The summed E-state index contributed by atoms with van der Waals surface area (Å²) < 4.78 is 0. The first-order valence-electron chi connectivity index (χ1n) is 10.9. The van der Waals surface area contributed by atoms with Gasteiger partial charge in [0.15, 0.2) is 11.6 Å². The van der Waals surface area contributed by atoms with Crippen LogP contribution in [-0.4, -0.2) is 69.6 Å². The number of aromatic nitrogens is 3. The molecule has 0 atom stereocenters. The lowest BCUT2D eigenvalue weighted by Crippen LogP contribution is -2.44. The van der Waals surface area contributed by atoms with Gasteiger partial charge in [0.05, 0.1) is 28.7 Å². The van der Waals surface area contributed by atoms with E-state index in [4.69, 9.17) is 23.2 Å². The summed E-state index contributed by atoms with van der Waals surface area (Å²) in [7, 11) is 1.72. The number of nitrogens with one attached hydrogen (secondary N) is 2. The average molecular weight is 530 g/mol. The van der Waals surface area contributed by atoms with Crippen LogP contribution in [0.4, 0.5) is 17.5 Å². The van der Waals surface area contributed by atoms with E-state index < -0.39 is 10.8 Å². The molecule has 13 heteroatoms. The molecule has 1 aliphatic heterocycles. The van der Waals surface area contributed by atoms with Crippen LogP contribution >= 0.6 is 23.2 Å². The van der Waals surface area contributed by atoms with E-state index in [1.807, 2.05) is 0 Å². The third-order valence-electron chi connectivity index (χ3n) is 5.48. The highest BCUT2D eigenvalue weighted by atomic mass is 35.5. The molecule has 4 rings (SSSR count). The number of nitro groups is 1. The Labute approximate surface area is 216 Å². The quantitative estimate of drug-likeness (QED) is 0.192. The maximum Gasteiger partial charge on any atom is 0.287 e. The van der Waals surface area contributed by atoms with Crippen molar-refractivity contribution in [2.45, 2.75) is 5.92 Å². The number of nitrogens with zero attached hydrogens (tertiary/aromatic N) is 5. The van der Waals surface area contributed by atoms with Crippen molar-refractivity contribution in [2.75, 3.05) is 43.9 Å². The van der Waals surface area contributed by atoms with Crippen LogP contribution < -0.4 is 10.6 Å². The zero-order valence-electron chi connectivity index (χ0n) is 19.1. The van der Waals surface area contributed by atoms with Gasteiger partial charge < -0.3 is 10.6 Å². The van der Waals surface area contributed by atoms with E-state index in [-0.39, 0.29) is 36.3 Å². The van der Waals surface area contributed by atoms with Gasteiger partial charge in [-0.1, -0.05) is 23.2 Å². The van der Waals surface area contributed by atoms with E-state index in [0.29, 0.717) is 45.8 Å². The molecular formula is C23H21Cl2N7O4. The third-order valence-corrected chi connectivity index (χ3v) is 6.03. The van der Waals surface area contributed by atoms with E-state index in [1.165, 1.54) is 24.5 Å². The Kier molecular flexibility index (Phi) is 7.73. The zero-order chi connectivity index (χ0) is 25.8. The number of likely N-dealkylation sites (tertiary alicyclic amines) is 1. The van der Waals surface area contributed by atoms with Crippen molar-refractivity contribution in [1.82, 2.24) is 19.9 Å². The number of rotatable bonds is 8. The molecule has 0 amide bonds. The molecule has 0 bridgehead atoms. The van der Waals surface area contributed by atoms with Crippen molar-refractivity contribution >= 4 is 52.2 Å². The van der Waals surface area contributed by atoms with Gasteiger partial charge in [0.25, 0.3) is 5.69 Å². The van der Waals surface area contributed by atoms with Gasteiger partial charge in [-0.05, 0) is 31.3 Å². The predicted octanol–water partition coefficient (Wildman–Crippen LogP) is 3.44. The SMILES string of the molecule is CN1CC(=O)C(c2cnc(NCCNc3ccc([N+](=O)[O-])cn3)nc2-c2ccc(Cl)cc2Cl)C(=O)C1. The maximum atomic E-state index is 12.8. The smallest absolute Gasteiger partial charge is 0.287 e. The van der Waals surface area contributed by atoms with E-state index in [9.17, 15) is 19.7 Å². The summed E-state index contributed by atoms with van der Waals surface area (Å²) in [5.74, 6) is -0.696. The van der Waals surface area contributed by atoms with Crippen LogP contribution in [0.5, 0.6) is 0 Å². The van der Waals surface area contributed by atoms with Crippen LogP contribution in [0.15, 0.2) is 42.7 Å². The van der Waals surface area contributed by atoms with Crippen molar-refractivity contribution in [3.05, 3.63) is 68.4 Å². The Balaban J connectivity index is 1.55. The first-order valence-corrected chi connectivity index (χ1v) is 11.6. The summed E-state index contributed by atoms with van der Waals surface area (Å²) in [6, 6.07) is 7.78. The molecule has 0 spiro atoms. The van der Waals surface area contributed by atoms with Crippen LogP contribution in [0.25, 0.3) is 11.3 Å². The molecule has 1 fully saturated rings. The second-order valence-electron chi connectivity index (χ2n) is 8.17. The Morgan fingerprint density at radius 2 is 1.78 bits per heavy atom. The molecule has 0 aliphatic carbocycles. The summed E-state index contributed by atoms with van der Waals surface area (Å²) in [5.41, 5.74) is 1.19. The number of benzene rings is 1. The van der Waals surface area contributed by atoms with Crippen molar-refractivity contribution in [3.8, 4) is 11.3 Å². The molecule has 36 heavy (non-hydrogen) atoms. The normalized spacial score (nSPS) is 14.6. The Bertz CT molecular complexity index is 1300. The van der Waals surface area contributed by atoms with Crippen LogP contribution in [0.2, 0.25) is 10.0 Å². The molecule has 1 saturated heterocycles. The summed E-state index contributed by atoms with van der Waals surface area (Å²) in [6.45, 7) is 1.09. The Hall–Kier alpha value is -3.67. The average Bonchev–Trinajstić information content (AvgIpc) is 2.82. The van der Waals surface area contributed by atoms with Crippen LogP contribution in [0, 0.1) is 10.1 Å². The summed E-state index contributed by atoms with van der Waals surface area (Å²) in [6.07, 6.45) is 2.65. The van der Waals surface area contributed by atoms with Gasteiger partial charge in [-0.15, -0.1) is 0 Å². The number of pyridine rings is 1. The fourth-order valence-corrected chi connectivity index (χ4v) is 4.34. The standard InChI is InChI=1S/C23H21Cl2N7O4/c1-31-11-18(33)21(19(34)12-31)16-10-29-23(30-22(16)15-4-2-13(24)8-17(15)25)27-7-6-26-20-5-3-14(9-28-20)32(35)36/h2-5,8-10,21H,6-7,11-12H2,1H3,(H,26,28)(H,27,29,30). The number of piperidine rings is 1. The summed E-state index contributed by atoms with van der Waals surface area (Å²) in [4.78, 5) is 50.4. The van der Waals surface area contributed by atoms with Crippen molar-refractivity contribution in [2.24, 2.45) is 0 Å². The van der Waals surface area contributed by atoms with E-state index in [0.717, 1.165) is 0 Å². The first kappa shape index (κ1) is 25.4. The molecule has 0 unspecified atom stereocenters. The fraction of sp³-hybridized carbons (Fsp3) is 0.261. The third kappa shape index (κ3) is 5.76. The maximum absolute atomic E-state index is 12.8. The van der Waals surface area contributed by atoms with Crippen LogP contribution in [-0.2, 0) is 9.59 Å². The lowest BCUT2D eigenvalue weighted by molar-refractivity contribution is -0.385. The summed E-state index contributed by atoms with van der Waals surface area (Å²) in [5, 5.41) is 17.6. The van der Waals surface area contributed by atoms with Gasteiger partial charge in [0, 0.05) is 41.5 Å². The molecule has 0 saturated carbocycles. The largest absolute Gasteiger partial charge is 0.368 e. The molecule has 11 nitrogen and oxygen atoms in total. The molecule has 1 aromatic carbocycles. The molecule has 0 radical (unpaired) electrons. The second kappa shape index (κ2) is 10.9. The fourth-order valence-electron chi connectivity index (χ4n) is 3.85. The number of anilines is 2. The molecular weight excluding hydrogens is 509 g/mol. The van der Waals surface area contributed by atoms with E-state index in [2.05, 4.69) is 25.6 Å². The lowest BCUT2D eigenvalue weighted by Gasteiger charge is -2.27. The highest BCUT2D eigenvalue weighted by Gasteiger charge is 2.36. The van der Waals surface area contributed by atoms with Gasteiger partial charge in [-0.3, -0.25) is 24.6 Å². The predicted molar refractivity (Wildman–Crippen MR) is 136 cm³/mol. The van der Waals surface area contributed by atoms with Gasteiger partial charge in [-0.25, -0.2) is 15.0 Å². The zero-order valence-corrected chi connectivity index (χ0v) is 20.6. The minimum Gasteiger partial charge on any atom is -0.368 e. The molecule has 2 N–H and O–H groups in total. The highest BCUT2D eigenvalue weighted by Crippen LogP contribution is 2.36. The Morgan fingerprint density at radius 3 is 2.42 bits per heavy atom. The van der Waals surface area contributed by atoms with Crippen molar-refractivity contribution < 1.29 is 14.5 Å². The van der Waals surface area contributed by atoms with Gasteiger partial charge in [0.2, 0.25) is 5.95 Å². The topological polar surface area (TPSA) is 143 Å². The molecule has 2 aromatic heterocycles. The number of hydrogen-bond donors (Lipinski definition) is 2. The van der Waals surface area contributed by atoms with Crippen molar-refractivity contribution in [1.29, 1.82) is 0 Å². The number of carbonyl (C=O) groups excluding carboxylic acids is 2. The highest BCUT2D eigenvalue weighted by molar-refractivity contribution is 6.36. The number of halogens is 2. The number of ketones is 2. The number of likely N-dealkylation sites (N-methyl/N-ethyl adjacent to an activating group) is 1. The number of Topliss-reactive ketones (excluding diaryl/α,β-unsaturated/α-hetero) is 2. The van der Waals surface area contributed by atoms with E-state index in [1.54, 1.807) is 30.1 Å². The van der Waals surface area contributed by atoms with Gasteiger partial charge in [0.1, 0.15) is 17.9 Å². The van der Waals surface area contributed by atoms with Crippen molar-refractivity contribution in [3.63, 3.8) is 0 Å². The van der Waals surface area contributed by atoms with E-state index >= 15 is 0 Å². The molecule has 3 heterocycles. The molecule has 3 aromatic rings. The number of carbonyl (C=O) groups is 2. The minimum absolute atomic E-state index is 0.0953. The van der Waals surface area contributed by atoms with Crippen LogP contribution in [0.3, 0.4) is 0 Å². The molecule has 1 aliphatic rings. The minimum atomic E-state index is -0.980. The number of hydrogen-bond acceptors (Lipinski definition) is 10.